The zero-order valence-electron chi connectivity index (χ0n) is 23.8. The van der Waals surface area contributed by atoms with Crippen molar-refractivity contribution in [1.29, 1.82) is 0 Å². The molecule has 0 saturated heterocycles. The van der Waals surface area contributed by atoms with Crippen LogP contribution in [0.1, 0.15) is 47.1 Å². The van der Waals surface area contributed by atoms with E-state index in [-0.39, 0.29) is 23.4 Å². The maximum atomic E-state index is 13.8. The van der Waals surface area contributed by atoms with Gasteiger partial charge in [0.1, 0.15) is 5.60 Å². The maximum absolute atomic E-state index is 13.8. The van der Waals surface area contributed by atoms with E-state index < -0.39 is 11.7 Å². The molecule has 0 spiro atoms. The predicted octanol–water partition coefficient (Wildman–Crippen LogP) is 7.66. The normalized spacial score (nSPS) is 13.1. The maximum Gasteiger partial charge on any atom is 0.410 e. The molecule has 8 heteroatoms. The molecule has 0 unspecified atom stereocenters. The van der Waals surface area contributed by atoms with Crippen LogP contribution in [-0.4, -0.2) is 41.5 Å². The first kappa shape index (κ1) is 28.9. The van der Waals surface area contributed by atoms with Crippen LogP contribution in [0.15, 0.2) is 97.1 Å². The molecule has 1 aliphatic rings. The van der Waals surface area contributed by atoms with Crippen LogP contribution in [0.4, 0.5) is 16.2 Å². The van der Waals surface area contributed by atoms with E-state index in [4.69, 9.17) is 16.3 Å². The lowest BCUT2D eigenvalue weighted by Crippen LogP contribution is -2.40. The number of hydrogen-bond donors (Lipinski definition) is 1. The summed E-state index contributed by atoms with van der Waals surface area (Å²) in [6.07, 6.45) is -0.432. The van der Waals surface area contributed by atoms with E-state index in [9.17, 15) is 14.4 Å². The summed E-state index contributed by atoms with van der Waals surface area (Å²) in [5, 5.41) is 3.12. The van der Waals surface area contributed by atoms with Gasteiger partial charge in [-0.3, -0.25) is 9.59 Å². The third-order valence-electron chi connectivity index (χ3n) is 6.85. The number of rotatable bonds is 4. The third kappa shape index (κ3) is 6.47. The van der Waals surface area contributed by atoms with Crippen LogP contribution in [0.2, 0.25) is 5.02 Å². The monoisotopic (exact) mass is 581 g/mol. The predicted molar refractivity (Wildman–Crippen MR) is 166 cm³/mol. The number of nitrogens with one attached hydrogen (secondary N) is 1. The lowest BCUT2D eigenvalue weighted by molar-refractivity contribution is 0.0242. The first-order chi connectivity index (χ1) is 20.1. The molecule has 0 bridgehead atoms. The second kappa shape index (κ2) is 12.1. The number of benzene rings is 4. The number of para-hydroxylation sites is 1. The Labute approximate surface area is 250 Å². The van der Waals surface area contributed by atoms with Gasteiger partial charge < -0.3 is 19.9 Å². The van der Waals surface area contributed by atoms with Gasteiger partial charge in [0.2, 0.25) is 0 Å². The van der Waals surface area contributed by atoms with Gasteiger partial charge in [0.25, 0.3) is 11.8 Å². The summed E-state index contributed by atoms with van der Waals surface area (Å²) < 4.78 is 5.58. The van der Waals surface area contributed by atoms with Crippen molar-refractivity contribution in [2.45, 2.75) is 32.9 Å². The van der Waals surface area contributed by atoms with Gasteiger partial charge in [0, 0.05) is 30.0 Å². The smallest absolute Gasteiger partial charge is 0.410 e. The molecule has 0 atom stereocenters. The van der Waals surface area contributed by atoms with Crippen LogP contribution in [0.3, 0.4) is 0 Å². The summed E-state index contributed by atoms with van der Waals surface area (Å²) in [6.45, 7) is 6.34. The van der Waals surface area contributed by atoms with Crippen molar-refractivity contribution >= 4 is 40.9 Å². The molecule has 0 radical (unpaired) electrons. The molecule has 0 aliphatic carbocycles. The van der Waals surface area contributed by atoms with Crippen LogP contribution in [0.5, 0.6) is 0 Å². The van der Waals surface area contributed by atoms with Crippen molar-refractivity contribution < 1.29 is 19.1 Å². The zero-order valence-corrected chi connectivity index (χ0v) is 24.5. The Morgan fingerprint density at radius 3 is 2.24 bits per heavy atom. The number of anilines is 2. The lowest BCUT2D eigenvalue weighted by Gasteiger charge is -2.26. The topological polar surface area (TPSA) is 79.0 Å². The van der Waals surface area contributed by atoms with Gasteiger partial charge in [-0.1, -0.05) is 78.3 Å². The largest absolute Gasteiger partial charge is 0.444 e. The Hall–Kier alpha value is -4.62. The molecular weight excluding hydrogens is 550 g/mol. The minimum atomic E-state index is -0.632. The molecule has 4 aromatic rings. The van der Waals surface area contributed by atoms with Crippen LogP contribution >= 0.6 is 11.6 Å². The van der Waals surface area contributed by atoms with E-state index in [1.807, 2.05) is 93.6 Å². The van der Waals surface area contributed by atoms with E-state index in [1.165, 1.54) is 0 Å². The molecule has 0 aromatic heterocycles. The molecule has 214 valence electrons. The number of halogens is 1. The first-order valence-corrected chi connectivity index (χ1v) is 14.1. The molecular formula is C34H32ClN3O4. The second-order valence-electron chi connectivity index (χ2n) is 11.0. The van der Waals surface area contributed by atoms with Gasteiger partial charge in [-0.2, -0.15) is 0 Å². The van der Waals surface area contributed by atoms with Crippen molar-refractivity contribution in [1.82, 2.24) is 4.90 Å². The SMILES string of the molecule is CC(C)(C)OC(=O)N1CCN(C(=O)c2ccc(NC(=O)c3ccccc3-c3ccccc3)cc2Cl)c2ccccc2C1. The molecule has 0 saturated carbocycles. The summed E-state index contributed by atoms with van der Waals surface area (Å²) in [7, 11) is 0. The lowest BCUT2D eigenvalue weighted by atomic mass is 9.99. The molecule has 1 N–H and O–H groups in total. The number of carbonyl (C=O) groups excluding carboxylic acids is 3. The summed E-state index contributed by atoms with van der Waals surface area (Å²) in [6, 6.07) is 29.4. The Morgan fingerprint density at radius 1 is 0.810 bits per heavy atom. The van der Waals surface area contributed by atoms with Crippen LogP contribution in [0.25, 0.3) is 11.1 Å². The minimum Gasteiger partial charge on any atom is -0.444 e. The molecule has 1 aliphatic heterocycles. The van der Waals surface area contributed by atoms with E-state index in [0.29, 0.717) is 35.6 Å². The van der Waals surface area contributed by atoms with Gasteiger partial charge >= 0.3 is 6.09 Å². The number of fused-ring (bicyclic) bond motifs is 1. The van der Waals surface area contributed by atoms with Gasteiger partial charge in [-0.25, -0.2) is 4.79 Å². The highest BCUT2D eigenvalue weighted by Crippen LogP contribution is 2.31. The third-order valence-corrected chi connectivity index (χ3v) is 7.16. The minimum absolute atomic E-state index is 0.208. The summed E-state index contributed by atoms with van der Waals surface area (Å²) >= 11 is 6.64. The molecule has 7 nitrogen and oxygen atoms in total. The summed E-state index contributed by atoms with van der Waals surface area (Å²) in [5.41, 5.74) is 3.93. The first-order valence-electron chi connectivity index (χ1n) is 13.7. The van der Waals surface area contributed by atoms with Crippen molar-refractivity contribution in [3.8, 4) is 11.1 Å². The highest BCUT2D eigenvalue weighted by Gasteiger charge is 2.30. The zero-order chi connectivity index (χ0) is 29.9. The second-order valence-corrected chi connectivity index (χ2v) is 11.5. The number of hydrogen-bond acceptors (Lipinski definition) is 4. The average Bonchev–Trinajstić information content (AvgIpc) is 3.17. The van der Waals surface area contributed by atoms with Crippen molar-refractivity contribution in [2.24, 2.45) is 0 Å². The average molecular weight is 582 g/mol. The quantitative estimate of drug-likeness (QED) is 0.268. The molecule has 3 amide bonds. The number of carbonyl (C=O) groups is 3. The van der Waals surface area contributed by atoms with E-state index in [0.717, 1.165) is 16.7 Å². The summed E-state index contributed by atoms with van der Waals surface area (Å²) in [5.74, 6) is -0.584. The van der Waals surface area contributed by atoms with E-state index in [1.54, 1.807) is 34.1 Å². The fraction of sp³-hybridized carbons (Fsp3) is 0.206. The molecule has 5 rings (SSSR count). The van der Waals surface area contributed by atoms with Gasteiger partial charge in [0.05, 0.1) is 17.1 Å². The Kier molecular flexibility index (Phi) is 8.31. The Morgan fingerprint density at radius 2 is 1.50 bits per heavy atom. The Balaban J connectivity index is 1.36. The van der Waals surface area contributed by atoms with Crippen LogP contribution in [-0.2, 0) is 11.3 Å². The van der Waals surface area contributed by atoms with Crippen LogP contribution < -0.4 is 10.2 Å². The van der Waals surface area contributed by atoms with Crippen molar-refractivity contribution in [2.75, 3.05) is 23.3 Å². The molecule has 0 fully saturated rings. The number of ether oxygens (including phenoxy) is 1. The van der Waals surface area contributed by atoms with Gasteiger partial charge in [0.15, 0.2) is 0 Å². The Bertz CT molecular complexity index is 1630. The fourth-order valence-corrected chi connectivity index (χ4v) is 5.15. The molecule has 4 aromatic carbocycles. The fourth-order valence-electron chi connectivity index (χ4n) is 4.89. The molecule has 42 heavy (non-hydrogen) atoms. The standard InChI is InChI=1S/C34H32ClN3O4/c1-34(2,3)42-33(41)37-19-20-38(30-16-10-7-13-24(30)22-37)32(40)28-18-17-25(21-29(28)35)36-31(39)27-15-9-8-14-26(27)23-11-5-4-6-12-23/h4-18,21H,19-20,22H2,1-3H3,(H,36,39). The van der Waals surface area contributed by atoms with Gasteiger partial charge in [-0.15, -0.1) is 0 Å². The number of nitrogens with zero attached hydrogens (tertiary/aromatic N) is 2. The highest BCUT2D eigenvalue weighted by molar-refractivity contribution is 6.35. The highest BCUT2D eigenvalue weighted by atomic mass is 35.5. The van der Waals surface area contributed by atoms with Crippen molar-refractivity contribution in [3.05, 3.63) is 119 Å². The van der Waals surface area contributed by atoms with Crippen molar-refractivity contribution in [3.63, 3.8) is 0 Å². The van der Waals surface area contributed by atoms with Gasteiger partial charge in [-0.05, 0) is 67.8 Å². The number of amides is 3. The molecule has 1 heterocycles. The van der Waals surface area contributed by atoms with E-state index in [2.05, 4.69) is 5.32 Å². The van der Waals surface area contributed by atoms with E-state index >= 15 is 0 Å². The van der Waals surface area contributed by atoms with Crippen LogP contribution in [0, 0.1) is 0 Å². The summed E-state index contributed by atoms with van der Waals surface area (Å²) in [4.78, 5) is 43.2.